The standard InChI is InChI=1S/C7H10N2O3/c1-2-9-6(3-4-8-9)12-5-7(10)11/h3-4H,2,5H2,1H3,(H,10,11). The third-order valence-electron chi connectivity index (χ3n) is 1.32. The van der Waals surface area contributed by atoms with Crippen molar-refractivity contribution in [1.82, 2.24) is 9.78 Å². The van der Waals surface area contributed by atoms with Crippen LogP contribution in [0.5, 0.6) is 5.88 Å². The second-order valence-corrected chi connectivity index (χ2v) is 2.17. The largest absolute Gasteiger partial charge is 0.479 e. The van der Waals surface area contributed by atoms with E-state index < -0.39 is 5.97 Å². The van der Waals surface area contributed by atoms with Crippen LogP contribution in [-0.2, 0) is 11.3 Å². The zero-order valence-electron chi connectivity index (χ0n) is 6.73. The summed E-state index contributed by atoms with van der Waals surface area (Å²) < 4.78 is 6.52. The summed E-state index contributed by atoms with van der Waals surface area (Å²) in [6, 6.07) is 1.63. The Kier molecular flexibility index (Phi) is 2.68. The normalized spacial score (nSPS) is 9.75. The second-order valence-electron chi connectivity index (χ2n) is 2.17. The van der Waals surface area contributed by atoms with E-state index >= 15 is 0 Å². The van der Waals surface area contributed by atoms with Gasteiger partial charge in [-0.1, -0.05) is 0 Å². The summed E-state index contributed by atoms with van der Waals surface area (Å²) in [7, 11) is 0. The van der Waals surface area contributed by atoms with E-state index in [0.29, 0.717) is 12.4 Å². The predicted molar refractivity (Wildman–Crippen MR) is 41.0 cm³/mol. The van der Waals surface area contributed by atoms with Gasteiger partial charge in [0.25, 0.3) is 0 Å². The maximum absolute atomic E-state index is 10.1. The summed E-state index contributed by atoms with van der Waals surface area (Å²) in [5.41, 5.74) is 0. The Balaban J connectivity index is 2.56. The van der Waals surface area contributed by atoms with Gasteiger partial charge in [0, 0.05) is 12.6 Å². The number of hydrogen-bond donors (Lipinski definition) is 1. The van der Waals surface area contributed by atoms with Crippen LogP contribution in [0.4, 0.5) is 0 Å². The van der Waals surface area contributed by atoms with Gasteiger partial charge in [0.15, 0.2) is 6.61 Å². The molecule has 0 bridgehead atoms. The molecule has 0 aliphatic carbocycles. The lowest BCUT2D eigenvalue weighted by molar-refractivity contribution is -0.139. The molecule has 5 nitrogen and oxygen atoms in total. The van der Waals surface area contributed by atoms with Crippen LogP contribution >= 0.6 is 0 Å². The zero-order valence-corrected chi connectivity index (χ0v) is 6.73. The molecular formula is C7H10N2O3. The first-order valence-electron chi connectivity index (χ1n) is 3.60. The van der Waals surface area contributed by atoms with Gasteiger partial charge < -0.3 is 9.84 Å². The van der Waals surface area contributed by atoms with Crippen LogP contribution in [-0.4, -0.2) is 27.5 Å². The van der Waals surface area contributed by atoms with Crippen LogP contribution in [0.3, 0.4) is 0 Å². The van der Waals surface area contributed by atoms with Crippen molar-refractivity contribution in [3.8, 4) is 5.88 Å². The van der Waals surface area contributed by atoms with E-state index in [1.807, 2.05) is 6.92 Å². The van der Waals surface area contributed by atoms with E-state index in [-0.39, 0.29) is 6.61 Å². The Morgan fingerprint density at radius 2 is 2.58 bits per heavy atom. The molecule has 5 heteroatoms. The first-order chi connectivity index (χ1) is 5.74. The van der Waals surface area contributed by atoms with Crippen molar-refractivity contribution >= 4 is 5.97 Å². The summed E-state index contributed by atoms with van der Waals surface area (Å²) in [5.74, 6) is -0.501. The number of aromatic nitrogens is 2. The van der Waals surface area contributed by atoms with Crippen LogP contribution in [0.2, 0.25) is 0 Å². The number of aryl methyl sites for hydroxylation is 1. The molecule has 12 heavy (non-hydrogen) atoms. The van der Waals surface area contributed by atoms with Crippen molar-refractivity contribution in [3.05, 3.63) is 12.3 Å². The summed E-state index contributed by atoms with van der Waals surface area (Å²) in [6.07, 6.45) is 1.57. The van der Waals surface area contributed by atoms with Crippen molar-refractivity contribution in [2.24, 2.45) is 0 Å². The Hall–Kier alpha value is -1.52. The van der Waals surface area contributed by atoms with Gasteiger partial charge in [0.2, 0.25) is 5.88 Å². The molecule has 66 valence electrons. The molecule has 1 rings (SSSR count). The number of rotatable bonds is 4. The van der Waals surface area contributed by atoms with Crippen molar-refractivity contribution in [1.29, 1.82) is 0 Å². The van der Waals surface area contributed by atoms with Gasteiger partial charge in [-0.2, -0.15) is 5.10 Å². The number of ether oxygens (including phenoxy) is 1. The van der Waals surface area contributed by atoms with Gasteiger partial charge in [-0.15, -0.1) is 0 Å². The minimum atomic E-state index is -0.987. The van der Waals surface area contributed by atoms with Crippen molar-refractivity contribution in [2.75, 3.05) is 6.61 Å². The van der Waals surface area contributed by atoms with Crippen LogP contribution in [0.15, 0.2) is 12.3 Å². The SMILES string of the molecule is CCn1nccc1OCC(=O)O. The fourth-order valence-corrected chi connectivity index (χ4v) is 0.816. The minimum absolute atomic E-state index is 0.328. The first kappa shape index (κ1) is 8.58. The molecule has 0 saturated heterocycles. The topological polar surface area (TPSA) is 64.4 Å². The van der Waals surface area contributed by atoms with Crippen molar-refractivity contribution in [3.63, 3.8) is 0 Å². The maximum atomic E-state index is 10.1. The number of carboxylic acids is 1. The van der Waals surface area contributed by atoms with Gasteiger partial charge in [0.1, 0.15) is 0 Å². The van der Waals surface area contributed by atoms with E-state index in [9.17, 15) is 4.79 Å². The molecule has 0 fully saturated rings. The van der Waals surface area contributed by atoms with Gasteiger partial charge in [-0.3, -0.25) is 0 Å². The molecule has 0 spiro atoms. The van der Waals surface area contributed by atoms with E-state index in [1.165, 1.54) is 0 Å². The second kappa shape index (κ2) is 3.75. The zero-order chi connectivity index (χ0) is 8.97. The molecule has 1 aromatic rings. The van der Waals surface area contributed by atoms with E-state index in [4.69, 9.17) is 9.84 Å². The quantitative estimate of drug-likeness (QED) is 0.708. The molecule has 0 radical (unpaired) electrons. The fraction of sp³-hybridized carbons (Fsp3) is 0.429. The molecule has 0 atom stereocenters. The first-order valence-corrected chi connectivity index (χ1v) is 3.60. The molecule has 0 amide bonds. The number of carboxylic acid groups (broad SMARTS) is 1. The molecule has 0 aliphatic rings. The summed E-state index contributed by atoms with van der Waals surface area (Å²) in [6.45, 7) is 2.24. The van der Waals surface area contributed by atoms with Crippen LogP contribution in [0.1, 0.15) is 6.92 Å². The molecular weight excluding hydrogens is 160 g/mol. The minimum Gasteiger partial charge on any atom is -0.479 e. The average molecular weight is 170 g/mol. The van der Waals surface area contributed by atoms with Gasteiger partial charge in [0.05, 0.1) is 6.20 Å². The lowest BCUT2D eigenvalue weighted by atomic mass is 10.6. The molecule has 0 unspecified atom stereocenters. The summed E-state index contributed by atoms with van der Waals surface area (Å²) in [4.78, 5) is 10.1. The van der Waals surface area contributed by atoms with E-state index in [1.54, 1.807) is 16.9 Å². The maximum Gasteiger partial charge on any atom is 0.341 e. The third-order valence-corrected chi connectivity index (χ3v) is 1.32. The smallest absolute Gasteiger partial charge is 0.341 e. The fourth-order valence-electron chi connectivity index (χ4n) is 0.816. The van der Waals surface area contributed by atoms with E-state index in [0.717, 1.165) is 0 Å². The predicted octanol–water partition coefficient (Wildman–Crippen LogP) is 0.366. The highest BCUT2D eigenvalue weighted by molar-refractivity contribution is 5.68. The van der Waals surface area contributed by atoms with E-state index in [2.05, 4.69) is 5.10 Å². The molecule has 0 saturated carbocycles. The Morgan fingerprint density at radius 3 is 3.17 bits per heavy atom. The molecule has 0 aliphatic heterocycles. The van der Waals surface area contributed by atoms with Crippen molar-refractivity contribution < 1.29 is 14.6 Å². The molecule has 0 aromatic carbocycles. The summed E-state index contributed by atoms with van der Waals surface area (Å²) >= 11 is 0. The van der Waals surface area contributed by atoms with Gasteiger partial charge in [-0.05, 0) is 6.92 Å². The monoisotopic (exact) mass is 170 g/mol. The number of hydrogen-bond acceptors (Lipinski definition) is 3. The number of aliphatic carboxylic acids is 1. The summed E-state index contributed by atoms with van der Waals surface area (Å²) in [5, 5.41) is 12.2. The highest BCUT2D eigenvalue weighted by Gasteiger charge is 2.03. The van der Waals surface area contributed by atoms with Gasteiger partial charge in [-0.25, -0.2) is 9.48 Å². The van der Waals surface area contributed by atoms with Crippen LogP contribution in [0.25, 0.3) is 0 Å². The highest BCUT2D eigenvalue weighted by atomic mass is 16.5. The highest BCUT2D eigenvalue weighted by Crippen LogP contribution is 2.08. The molecule has 1 heterocycles. The third kappa shape index (κ3) is 1.98. The number of nitrogens with zero attached hydrogens (tertiary/aromatic N) is 2. The van der Waals surface area contributed by atoms with Crippen molar-refractivity contribution in [2.45, 2.75) is 13.5 Å². The molecule has 1 N–H and O–H groups in total. The lowest BCUT2D eigenvalue weighted by Crippen LogP contribution is -2.12. The van der Waals surface area contributed by atoms with Crippen LogP contribution in [0, 0.1) is 0 Å². The lowest BCUT2D eigenvalue weighted by Gasteiger charge is -2.03. The Morgan fingerprint density at radius 1 is 1.83 bits per heavy atom. The Labute approximate surface area is 69.6 Å². The number of carbonyl (C=O) groups is 1. The average Bonchev–Trinajstić information content (AvgIpc) is 2.47. The van der Waals surface area contributed by atoms with Gasteiger partial charge >= 0.3 is 5.97 Å². The molecule has 1 aromatic heterocycles. The van der Waals surface area contributed by atoms with Crippen LogP contribution < -0.4 is 4.74 Å². The Bertz CT molecular complexity index is 269.